The lowest BCUT2D eigenvalue weighted by molar-refractivity contribution is 0.0697. The Morgan fingerprint density at radius 3 is 2.50 bits per heavy atom. The summed E-state index contributed by atoms with van der Waals surface area (Å²) in [7, 11) is 3.14. The van der Waals surface area contributed by atoms with Crippen LogP contribution in [-0.2, 0) is 6.42 Å². The second kappa shape index (κ2) is 8.85. The molecule has 0 radical (unpaired) electrons. The first-order chi connectivity index (χ1) is 13.6. The first kappa shape index (κ1) is 19.2. The van der Waals surface area contributed by atoms with Crippen molar-refractivity contribution in [1.82, 2.24) is 9.97 Å². The van der Waals surface area contributed by atoms with Crippen molar-refractivity contribution in [2.45, 2.75) is 6.42 Å². The van der Waals surface area contributed by atoms with Gasteiger partial charge in [0.15, 0.2) is 0 Å². The molecular weight excluding hydrogens is 358 g/mol. The van der Waals surface area contributed by atoms with E-state index in [0.717, 1.165) is 12.2 Å². The number of aromatic nitrogens is 2. The fraction of sp³-hybridized carbons (Fsp3) is 0.190. The van der Waals surface area contributed by atoms with Gasteiger partial charge >= 0.3 is 12.0 Å². The number of nitrogens with one attached hydrogen (secondary N) is 1. The molecule has 144 valence electrons. The van der Waals surface area contributed by atoms with Crippen molar-refractivity contribution in [2.75, 3.05) is 26.1 Å². The average molecular weight is 379 g/mol. The van der Waals surface area contributed by atoms with Gasteiger partial charge in [-0.1, -0.05) is 24.3 Å². The van der Waals surface area contributed by atoms with Crippen LogP contribution in [0.4, 0.5) is 5.82 Å². The highest BCUT2D eigenvalue weighted by Gasteiger charge is 2.10. The molecule has 0 unspecified atom stereocenters. The molecule has 0 saturated heterocycles. The largest absolute Gasteiger partial charge is 0.497 e. The van der Waals surface area contributed by atoms with Crippen molar-refractivity contribution in [2.24, 2.45) is 0 Å². The number of carboxylic acid groups (broad SMARTS) is 1. The summed E-state index contributed by atoms with van der Waals surface area (Å²) in [5.74, 6) is 0.447. The highest BCUT2D eigenvalue weighted by atomic mass is 16.5. The Bertz CT molecular complexity index is 958. The Labute approximate surface area is 163 Å². The monoisotopic (exact) mass is 379 g/mol. The molecule has 0 aliphatic rings. The maximum atomic E-state index is 11.2. The smallest absolute Gasteiger partial charge is 0.335 e. The zero-order valence-corrected chi connectivity index (χ0v) is 15.7. The predicted molar refractivity (Wildman–Crippen MR) is 106 cm³/mol. The van der Waals surface area contributed by atoms with Crippen LogP contribution in [0, 0.1) is 0 Å². The molecule has 1 heterocycles. The Morgan fingerprint density at radius 1 is 1.04 bits per heavy atom. The highest BCUT2D eigenvalue weighted by molar-refractivity contribution is 5.89. The fourth-order valence-electron chi connectivity index (χ4n) is 2.69. The molecule has 0 spiro atoms. The van der Waals surface area contributed by atoms with Gasteiger partial charge in [-0.2, -0.15) is 9.97 Å². The minimum atomic E-state index is -0.985. The zero-order valence-electron chi connectivity index (χ0n) is 15.7. The van der Waals surface area contributed by atoms with E-state index in [-0.39, 0.29) is 11.6 Å². The van der Waals surface area contributed by atoms with Gasteiger partial charge in [-0.05, 0) is 36.2 Å². The second-order valence-corrected chi connectivity index (χ2v) is 6.04. The molecule has 0 atom stereocenters. The number of rotatable bonds is 8. The Balaban J connectivity index is 1.75. The van der Waals surface area contributed by atoms with E-state index in [0.29, 0.717) is 23.6 Å². The number of hydrogen-bond acceptors (Lipinski definition) is 6. The van der Waals surface area contributed by atoms with Gasteiger partial charge in [-0.3, -0.25) is 0 Å². The van der Waals surface area contributed by atoms with Gasteiger partial charge in [0.1, 0.15) is 11.6 Å². The number of nitrogens with zero attached hydrogens (tertiary/aromatic N) is 2. The SMILES string of the molecule is COc1ccc(CCNc2cc(-c3cccc(C(=O)O)c3)nc(OC)n2)cc1. The lowest BCUT2D eigenvalue weighted by Gasteiger charge is -2.10. The van der Waals surface area contributed by atoms with E-state index >= 15 is 0 Å². The summed E-state index contributed by atoms with van der Waals surface area (Å²) in [6.45, 7) is 0.668. The summed E-state index contributed by atoms with van der Waals surface area (Å²) in [5, 5.41) is 12.5. The van der Waals surface area contributed by atoms with Crippen molar-refractivity contribution < 1.29 is 19.4 Å². The number of carbonyl (C=O) groups is 1. The molecule has 1 aromatic heterocycles. The molecule has 3 aromatic rings. The van der Waals surface area contributed by atoms with Gasteiger partial charge < -0.3 is 19.9 Å². The Hall–Kier alpha value is -3.61. The first-order valence-electron chi connectivity index (χ1n) is 8.72. The van der Waals surface area contributed by atoms with Crippen LogP contribution < -0.4 is 14.8 Å². The lowest BCUT2D eigenvalue weighted by atomic mass is 10.1. The summed E-state index contributed by atoms with van der Waals surface area (Å²) in [5.41, 5.74) is 2.63. The number of carboxylic acids is 1. The third kappa shape index (κ3) is 4.76. The van der Waals surface area contributed by atoms with Crippen LogP contribution in [-0.4, -0.2) is 41.8 Å². The molecule has 7 nitrogen and oxygen atoms in total. The summed E-state index contributed by atoms with van der Waals surface area (Å²) in [4.78, 5) is 19.9. The molecule has 7 heteroatoms. The van der Waals surface area contributed by atoms with E-state index in [4.69, 9.17) is 9.47 Å². The topological polar surface area (TPSA) is 93.6 Å². The average Bonchev–Trinajstić information content (AvgIpc) is 2.74. The lowest BCUT2D eigenvalue weighted by Crippen LogP contribution is -2.08. The van der Waals surface area contributed by atoms with Crippen LogP contribution in [0.25, 0.3) is 11.3 Å². The summed E-state index contributed by atoms with van der Waals surface area (Å²) in [6, 6.07) is 16.5. The molecular formula is C21H21N3O4. The quantitative estimate of drug-likeness (QED) is 0.618. The van der Waals surface area contributed by atoms with E-state index in [9.17, 15) is 9.90 Å². The molecule has 0 aliphatic carbocycles. The minimum Gasteiger partial charge on any atom is -0.497 e. The van der Waals surface area contributed by atoms with Crippen molar-refractivity contribution >= 4 is 11.8 Å². The van der Waals surface area contributed by atoms with Crippen LogP contribution in [0.1, 0.15) is 15.9 Å². The molecule has 2 aromatic carbocycles. The summed E-state index contributed by atoms with van der Waals surface area (Å²) >= 11 is 0. The van der Waals surface area contributed by atoms with Crippen molar-refractivity contribution in [1.29, 1.82) is 0 Å². The van der Waals surface area contributed by atoms with Crippen molar-refractivity contribution in [3.63, 3.8) is 0 Å². The van der Waals surface area contributed by atoms with Crippen molar-refractivity contribution in [3.8, 4) is 23.0 Å². The number of benzene rings is 2. The number of methoxy groups -OCH3 is 2. The third-order valence-electron chi connectivity index (χ3n) is 4.17. The first-order valence-corrected chi connectivity index (χ1v) is 8.72. The molecule has 0 bridgehead atoms. The predicted octanol–water partition coefficient (Wildman–Crippen LogP) is 3.51. The van der Waals surface area contributed by atoms with Crippen LogP contribution in [0.3, 0.4) is 0 Å². The van der Waals surface area contributed by atoms with E-state index in [1.165, 1.54) is 18.7 Å². The molecule has 0 saturated carbocycles. The number of hydrogen-bond donors (Lipinski definition) is 2. The van der Waals surface area contributed by atoms with E-state index in [1.807, 2.05) is 24.3 Å². The summed E-state index contributed by atoms with van der Waals surface area (Å²) < 4.78 is 10.4. The minimum absolute atomic E-state index is 0.198. The van der Waals surface area contributed by atoms with Crippen molar-refractivity contribution in [3.05, 3.63) is 65.7 Å². The number of anilines is 1. The molecule has 0 amide bonds. The molecule has 0 aliphatic heterocycles. The Kier molecular flexibility index (Phi) is 6.06. The fourth-order valence-corrected chi connectivity index (χ4v) is 2.69. The normalized spacial score (nSPS) is 10.4. The maximum Gasteiger partial charge on any atom is 0.335 e. The van der Waals surface area contributed by atoms with Gasteiger partial charge in [-0.15, -0.1) is 0 Å². The molecule has 0 fully saturated rings. The van der Waals surface area contributed by atoms with Gasteiger partial charge in [-0.25, -0.2) is 4.79 Å². The van der Waals surface area contributed by atoms with Crippen LogP contribution in [0.5, 0.6) is 11.8 Å². The zero-order chi connectivity index (χ0) is 19.9. The number of ether oxygens (including phenoxy) is 2. The van der Waals surface area contributed by atoms with Crippen LogP contribution >= 0.6 is 0 Å². The summed E-state index contributed by atoms with van der Waals surface area (Å²) in [6.07, 6.45) is 0.806. The standard InChI is InChI=1S/C21H21N3O4/c1-27-17-8-6-14(7-9-17)10-11-22-19-13-18(23-21(24-19)28-2)15-4-3-5-16(12-15)20(25)26/h3-9,12-13H,10-11H2,1-2H3,(H,25,26)(H,22,23,24). The molecule has 2 N–H and O–H groups in total. The molecule has 3 rings (SSSR count). The maximum absolute atomic E-state index is 11.2. The van der Waals surface area contributed by atoms with E-state index in [1.54, 1.807) is 31.4 Å². The van der Waals surface area contributed by atoms with E-state index < -0.39 is 5.97 Å². The van der Waals surface area contributed by atoms with Gasteiger partial charge in [0.2, 0.25) is 0 Å². The Morgan fingerprint density at radius 2 is 1.82 bits per heavy atom. The van der Waals surface area contributed by atoms with Gasteiger partial charge in [0.25, 0.3) is 0 Å². The van der Waals surface area contributed by atoms with Gasteiger partial charge in [0.05, 0.1) is 25.5 Å². The van der Waals surface area contributed by atoms with Crippen LogP contribution in [0.2, 0.25) is 0 Å². The second-order valence-electron chi connectivity index (χ2n) is 6.04. The van der Waals surface area contributed by atoms with Gasteiger partial charge in [0, 0.05) is 18.2 Å². The highest BCUT2D eigenvalue weighted by Crippen LogP contribution is 2.23. The van der Waals surface area contributed by atoms with Crippen LogP contribution in [0.15, 0.2) is 54.6 Å². The third-order valence-corrected chi connectivity index (χ3v) is 4.17. The molecule has 28 heavy (non-hydrogen) atoms. The number of aromatic carboxylic acids is 1. The van der Waals surface area contributed by atoms with E-state index in [2.05, 4.69) is 15.3 Å².